The number of carbonyl (C=O) groups is 1. The van der Waals surface area contributed by atoms with E-state index in [4.69, 9.17) is 5.11 Å². The summed E-state index contributed by atoms with van der Waals surface area (Å²) in [7, 11) is -3.63. The van der Waals surface area contributed by atoms with E-state index in [0.29, 0.717) is 24.3 Å². The molecule has 1 aromatic heterocycles. The SMILES string of the molecule is O=C(O)C=Cc1cnc2c(c1)CCN2S(=O)(=O)c1ccccc1. The van der Waals surface area contributed by atoms with Gasteiger partial charge in [-0.25, -0.2) is 22.5 Å². The molecule has 2 heterocycles. The van der Waals surface area contributed by atoms with Crippen molar-refractivity contribution < 1.29 is 18.3 Å². The van der Waals surface area contributed by atoms with Gasteiger partial charge in [0.15, 0.2) is 0 Å². The quantitative estimate of drug-likeness (QED) is 0.866. The van der Waals surface area contributed by atoms with Crippen molar-refractivity contribution in [2.45, 2.75) is 11.3 Å². The zero-order valence-electron chi connectivity index (χ0n) is 12.1. The first kappa shape index (κ1) is 15.2. The molecular weight excluding hydrogens is 316 g/mol. The van der Waals surface area contributed by atoms with Crippen molar-refractivity contribution in [3.8, 4) is 0 Å². The normalized spacial score (nSPS) is 14.2. The molecule has 23 heavy (non-hydrogen) atoms. The van der Waals surface area contributed by atoms with Crippen molar-refractivity contribution in [1.29, 1.82) is 0 Å². The zero-order chi connectivity index (χ0) is 16.4. The van der Waals surface area contributed by atoms with Crippen LogP contribution in [0.2, 0.25) is 0 Å². The van der Waals surface area contributed by atoms with Gasteiger partial charge in [-0.2, -0.15) is 0 Å². The van der Waals surface area contributed by atoms with E-state index in [9.17, 15) is 13.2 Å². The molecule has 0 fully saturated rings. The van der Waals surface area contributed by atoms with E-state index in [-0.39, 0.29) is 4.90 Å². The molecule has 0 radical (unpaired) electrons. The lowest BCUT2D eigenvalue weighted by atomic mass is 10.1. The fraction of sp³-hybridized carbons (Fsp3) is 0.125. The van der Waals surface area contributed by atoms with Crippen LogP contribution in [0.5, 0.6) is 0 Å². The number of sulfonamides is 1. The number of aromatic nitrogens is 1. The highest BCUT2D eigenvalue weighted by atomic mass is 32.2. The minimum atomic E-state index is -3.63. The average Bonchev–Trinajstić information content (AvgIpc) is 2.97. The van der Waals surface area contributed by atoms with Gasteiger partial charge in [0.2, 0.25) is 0 Å². The maximum absolute atomic E-state index is 12.7. The summed E-state index contributed by atoms with van der Waals surface area (Å²) in [5.41, 5.74) is 1.42. The number of hydrogen-bond donors (Lipinski definition) is 1. The van der Waals surface area contributed by atoms with E-state index < -0.39 is 16.0 Å². The van der Waals surface area contributed by atoms with Crippen molar-refractivity contribution in [3.63, 3.8) is 0 Å². The standard InChI is InChI=1S/C16H14N2O4S/c19-15(20)7-6-12-10-13-8-9-18(16(13)17-11-12)23(21,22)14-4-2-1-3-5-14/h1-7,10-11H,8-9H2,(H,19,20). The number of nitrogens with zero attached hydrogens (tertiary/aromatic N) is 2. The molecule has 1 aromatic carbocycles. The van der Waals surface area contributed by atoms with Gasteiger partial charge < -0.3 is 5.11 Å². The van der Waals surface area contributed by atoms with Crippen LogP contribution in [0.1, 0.15) is 11.1 Å². The molecule has 6 nitrogen and oxygen atoms in total. The van der Waals surface area contributed by atoms with Gasteiger partial charge in [-0.05, 0) is 41.8 Å². The molecule has 2 aromatic rings. The zero-order valence-corrected chi connectivity index (χ0v) is 12.9. The van der Waals surface area contributed by atoms with Gasteiger partial charge in [0, 0.05) is 18.8 Å². The van der Waals surface area contributed by atoms with Crippen LogP contribution in [0.3, 0.4) is 0 Å². The molecule has 1 aliphatic heterocycles. The molecule has 3 rings (SSSR count). The first-order valence-electron chi connectivity index (χ1n) is 6.96. The van der Waals surface area contributed by atoms with E-state index in [1.54, 1.807) is 36.4 Å². The lowest BCUT2D eigenvalue weighted by molar-refractivity contribution is -0.131. The number of fused-ring (bicyclic) bond motifs is 1. The highest BCUT2D eigenvalue weighted by Crippen LogP contribution is 2.31. The first-order valence-corrected chi connectivity index (χ1v) is 8.40. The number of rotatable bonds is 4. The summed E-state index contributed by atoms with van der Waals surface area (Å²) >= 11 is 0. The summed E-state index contributed by atoms with van der Waals surface area (Å²) < 4.78 is 26.7. The van der Waals surface area contributed by atoms with Gasteiger partial charge in [0.1, 0.15) is 5.82 Å². The Morgan fingerprint density at radius 1 is 1.26 bits per heavy atom. The van der Waals surface area contributed by atoms with Gasteiger partial charge in [-0.15, -0.1) is 0 Å². The van der Waals surface area contributed by atoms with Crippen LogP contribution in [-0.4, -0.2) is 31.0 Å². The Bertz CT molecular complexity index is 876. The molecule has 0 spiro atoms. The van der Waals surface area contributed by atoms with Crippen molar-refractivity contribution in [2.75, 3.05) is 10.8 Å². The Morgan fingerprint density at radius 3 is 2.70 bits per heavy atom. The lowest BCUT2D eigenvalue weighted by Crippen LogP contribution is -2.29. The predicted octanol–water partition coefficient (Wildman–Crippen LogP) is 1.93. The van der Waals surface area contributed by atoms with Gasteiger partial charge in [-0.1, -0.05) is 18.2 Å². The number of aliphatic carboxylic acids is 1. The van der Waals surface area contributed by atoms with Crippen LogP contribution < -0.4 is 4.31 Å². The molecule has 1 aliphatic rings. The largest absolute Gasteiger partial charge is 0.478 e. The average molecular weight is 330 g/mol. The molecular formula is C16H14N2O4S. The molecule has 1 N–H and O–H groups in total. The Labute approximate surface area is 133 Å². The van der Waals surface area contributed by atoms with E-state index >= 15 is 0 Å². The molecule has 0 saturated heterocycles. The second-order valence-electron chi connectivity index (χ2n) is 5.06. The number of carboxylic acids is 1. The molecule has 0 bridgehead atoms. The minimum absolute atomic E-state index is 0.226. The maximum atomic E-state index is 12.7. The van der Waals surface area contributed by atoms with Gasteiger partial charge in [-0.3, -0.25) is 0 Å². The van der Waals surface area contributed by atoms with Crippen LogP contribution in [-0.2, 0) is 21.2 Å². The Morgan fingerprint density at radius 2 is 2.00 bits per heavy atom. The van der Waals surface area contributed by atoms with Crippen molar-refractivity contribution in [1.82, 2.24) is 4.98 Å². The third kappa shape index (κ3) is 2.95. The highest BCUT2D eigenvalue weighted by Gasteiger charge is 2.31. The van der Waals surface area contributed by atoms with Crippen molar-refractivity contribution in [2.24, 2.45) is 0 Å². The van der Waals surface area contributed by atoms with E-state index in [2.05, 4.69) is 4.98 Å². The number of carboxylic acid groups (broad SMARTS) is 1. The van der Waals surface area contributed by atoms with Crippen LogP contribution in [0, 0.1) is 0 Å². The van der Waals surface area contributed by atoms with Crippen molar-refractivity contribution >= 4 is 27.9 Å². The van der Waals surface area contributed by atoms with E-state index in [1.165, 1.54) is 16.6 Å². The topological polar surface area (TPSA) is 87.6 Å². The number of hydrogen-bond acceptors (Lipinski definition) is 4. The Kier molecular flexibility index (Phi) is 3.87. The fourth-order valence-corrected chi connectivity index (χ4v) is 3.95. The summed E-state index contributed by atoms with van der Waals surface area (Å²) in [5, 5.41) is 8.65. The summed E-state index contributed by atoms with van der Waals surface area (Å²) in [5.74, 6) is -0.639. The summed E-state index contributed by atoms with van der Waals surface area (Å²) in [4.78, 5) is 15.0. The predicted molar refractivity (Wildman–Crippen MR) is 85.6 cm³/mol. The number of benzene rings is 1. The van der Waals surface area contributed by atoms with Crippen LogP contribution in [0.25, 0.3) is 6.08 Å². The van der Waals surface area contributed by atoms with Gasteiger partial charge >= 0.3 is 5.97 Å². The second kappa shape index (κ2) is 5.85. The van der Waals surface area contributed by atoms with Crippen molar-refractivity contribution in [3.05, 3.63) is 59.8 Å². The summed E-state index contributed by atoms with van der Waals surface area (Å²) in [6.07, 6.45) is 4.47. The highest BCUT2D eigenvalue weighted by molar-refractivity contribution is 7.92. The number of pyridine rings is 1. The Hall–Kier alpha value is -2.67. The fourth-order valence-electron chi connectivity index (χ4n) is 2.47. The second-order valence-corrected chi connectivity index (χ2v) is 6.93. The molecule has 0 aliphatic carbocycles. The van der Waals surface area contributed by atoms with E-state index in [0.717, 1.165) is 11.6 Å². The smallest absolute Gasteiger partial charge is 0.328 e. The van der Waals surface area contributed by atoms with Crippen LogP contribution in [0.15, 0.2) is 53.6 Å². The third-order valence-corrected chi connectivity index (χ3v) is 5.34. The molecule has 0 unspecified atom stereocenters. The lowest BCUT2D eigenvalue weighted by Gasteiger charge is -2.18. The Balaban J connectivity index is 1.95. The van der Waals surface area contributed by atoms with E-state index in [1.807, 2.05) is 0 Å². The monoisotopic (exact) mass is 330 g/mol. The first-order chi connectivity index (χ1) is 11.0. The minimum Gasteiger partial charge on any atom is -0.478 e. The summed E-state index contributed by atoms with van der Waals surface area (Å²) in [6, 6.07) is 9.99. The maximum Gasteiger partial charge on any atom is 0.328 e. The molecule has 0 atom stereocenters. The summed E-state index contributed by atoms with van der Waals surface area (Å²) in [6.45, 7) is 0.325. The molecule has 118 valence electrons. The van der Waals surface area contributed by atoms with Gasteiger partial charge in [0.25, 0.3) is 10.0 Å². The number of anilines is 1. The van der Waals surface area contributed by atoms with Crippen LogP contribution in [0.4, 0.5) is 5.82 Å². The molecule has 0 saturated carbocycles. The third-order valence-electron chi connectivity index (χ3n) is 3.53. The van der Waals surface area contributed by atoms with Crippen LogP contribution >= 0.6 is 0 Å². The molecule has 7 heteroatoms. The molecule has 0 amide bonds. The van der Waals surface area contributed by atoms with Gasteiger partial charge in [0.05, 0.1) is 4.90 Å².